The van der Waals surface area contributed by atoms with Crippen molar-refractivity contribution in [2.75, 3.05) is 5.73 Å². The number of phenols is 1. The largest absolute Gasteiger partial charge is 0.547 e. The lowest BCUT2D eigenvalue weighted by Gasteiger charge is -2.26. The number of phenolic OH excluding ortho intramolecular Hbond substituents is 1. The SMILES string of the molecule is C[SiH](C)Oc1ccc(O)c(N)c1C(C)(C)C. The van der Waals surface area contributed by atoms with Crippen molar-refractivity contribution in [1.29, 1.82) is 0 Å². The molecule has 0 unspecified atom stereocenters. The van der Waals surface area contributed by atoms with E-state index in [1.54, 1.807) is 12.1 Å². The van der Waals surface area contributed by atoms with Gasteiger partial charge in [0.15, 0.2) is 0 Å². The second kappa shape index (κ2) is 4.37. The molecule has 4 heteroatoms. The van der Waals surface area contributed by atoms with E-state index >= 15 is 0 Å². The normalized spacial score (nSPS) is 11.9. The van der Waals surface area contributed by atoms with Crippen LogP contribution in [0.4, 0.5) is 5.69 Å². The molecular formula is C12H21NO2Si. The van der Waals surface area contributed by atoms with Gasteiger partial charge in [0, 0.05) is 5.56 Å². The molecule has 0 aliphatic heterocycles. The van der Waals surface area contributed by atoms with E-state index in [1.165, 1.54) is 0 Å². The van der Waals surface area contributed by atoms with Gasteiger partial charge in [-0.2, -0.15) is 0 Å². The van der Waals surface area contributed by atoms with Crippen molar-refractivity contribution in [1.82, 2.24) is 0 Å². The molecule has 0 fully saturated rings. The van der Waals surface area contributed by atoms with Crippen molar-refractivity contribution in [3.8, 4) is 11.5 Å². The average Bonchev–Trinajstić information content (AvgIpc) is 2.08. The minimum absolute atomic E-state index is 0.127. The van der Waals surface area contributed by atoms with Crippen molar-refractivity contribution >= 4 is 14.7 Å². The van der Waals surface area contributed by atoms with Gasteiger partial charge in [-0.05, 0) is 30.6 Å². The van der Waals surface area contributed by atoms with E-state index < -0.39 is 9.04 Å². The molecule has 0 saturated carbocycles. The molecule has 0 bridgehead atoms. The predicted molar refractivity (Wildman–Crippen MR) is 70.7 cm³/mol. The van der Waals surface area contributed by atoms with Crippen molar-refractivity contribution in [3.63, 3.8) is 0 Å². The van der Waals surface area contributed by atoms with Gasteiger partial charge in [0.05, 0.1) is 5.69 Å². The average molecular weight is 239 g/mol. The summed E-state index contributed by atoms with van der Waals surface area (Å²) in [5.41, 5.74) is 7.12. The van der Waals surface area contributed by atoms with Gasteiger partial charge in [0.2, 0.25) is 9.04 Å². The number of hydrogen-bond donors (Lipinski definition) is 2. The maximum absolute atomic E-state index is 9.65. The summed E-state index contributed by atoms with van der Waals surface area (Å²) in [6.07, 6.45) is 0. The first kappa shape index (κ1) is 12.9. The van der Waals surface area contributed by atoms with E-state index in [4.69, 9.17) is 10.2 Å². The highest BCUT2D eigenvalue weighted by molar-refractivity contribution is 6.49. The van der Waals surface area contributed by atoms with Crippen molar-refractivity contribution in [2.45, 2.75) is 39.3 Å². The third-order valence-corrected chi connectivity index (χ3v) is 3.02. The van der Waals surface area contributed by atoms with Gasteiger partial charge >= 0.3 is 0 Å². The Morgan fingerprint density at radius 2 is 1.81 bits per heavy atom. The minimum atomic E-state index is -1.17. The number of nitrogens with two attached hydrogens (primary N) is 1. The first-order valence-corrected chi connectivity index (χ1v) is 8.30. The summed E-state index contributed by atoms with van der Waals surface area (Å²) in [4.78, 5) is 0. The summed E-state index contributed by atoms with van der Waals surface area (Å²) >= 11 is 0. The number of aromatic hydroxyl groups is 1. The zero-order valence-corrected chi connectivity index (χ0v) is 11.8. The van der Waals surface area contributed by atoms with Crippen molar-refractivity contribution < 1.29 is 9.53 Å². The highest BCUT2D eigenvalue weighted by Crippen LogP contribution is 2.40. The van der Waals surface area contributed by atoms with Gasteiger partial charge in [0.25, 0.3) is 0 Å². The van der Waals surface area contributed by atoms with E-state index in [-0.39, 0.29) is 11.2 Å². The van der Waals surface area contributed by atoms with Crippen LogP contribution >= 0.6 is 0 Å². The first-order valence-electron chi connectivity index (χ1n) is 5.52. The summed E-state index contributed by atoms with van der Waals surface area (Å²) in [5.74, 6) is 0.937. The quantitative estimate of drug-likeness (QED) is 0.474. The molecule has 0 radical (unpaired) electrons. The maximum Gasteiger partial charge on any atom is 0.229 e. The Labute approximate surface area is 99.0 Å². The molecule has 0 saturated heterocycles. The lowest BCUT2D eigenvalue weighted by molar-refractivity contribution is 0.468. The van der Waals surface area contributed by atoms with Crippen LogP contribution in [0.1, 0.15) is 26.3 Å². The molecule has 1 aromatic rings. The number of benzene rings is 1. The van der Waals surface area contributed by atoms with E-state index in [9.17, 15) is 5.11 Å². The summed E-state index contributed by atoms with van der Waals surface area (Å²) in [5, 5.41) is 9.65. The first-order chi connectivity index (χ1) is 7.23. The van der Waals surface area contributed by atoms with Gasteiger partial charge in [-0.1, -0.05) is 20.8 Å². The van der Waals surface area contributed by atoms with Crippen LogP contribution in [0.15, 0.2) is 12.1 Å². The molecule has 0 aromatic heterocycles. The highest BCUT2D eigenvalue weighted by atomic mass is 28.3. The molecule has 90 valence electrons. The Morgan fingerprint density at radius 3 is 2.25 bits per heavy atom. The Kier molecular flexibility index (Phi) is 3.53. The molecule has 0 heterocycles. The molecule has 1 rings (SSSR count). The van der Waals surface area contributed by atoms with Gasteiger partial charge in [-0.25, -0.2) is 0 Å². The van der Waals surface area contributed by atoms with Gasteiger partial charge in [-0.3, -0.25) is 0 Å². The molecule has 16 heavy (non-hydrogen) atoms. The Bertz CT molecular complexity index is 383. The fourth-order valence-corrected chi connectivity index (χ4v) is 2.42. The van der Waals surface area contributed by atoms with Crippen molar-refractivity contribution in [2.24, 2.45) is 0 Å². The van der Waals surface area contributed by atoms with Gasteiger partial charge in [0.1, 0.15) is 11.5 Å². The smallest absolute Gasteiger partial charge is 0.229 e. The highest BCUT2D eigenvalue weighted by Gasteiger charge is 2.24. The van der Waals surface area contributed by atoms with E-state index in [0.717, 1.165) is 11.3 Å². The minimum Gasteiger partial charge on any atom is -0.547 e. The monoisotopic (exact) mass is 239 g/mol. The Hall–Kier alpha value is -1.16. The number of rotatable bonds is 2. The summed E-state index contributed by atoms with van der Waals surface area (Å²) in [7, 11) is -1.17. The fourth-order valence-electron chi connectivity index (χ4n) is 1.71. The fraction of sp³-hybridized carbons (Fsp3) is 0.500. The standard InChI is InChI=1S/C12H21NO2Si/c1-12(2,3)10-9(15-16(4)5)7-6-8(14)11(10)13/h6-7,14,16H,13H2,1-5H3. The molecule has 0 aliphatic carbocycles. The molecule has 1 aromatic carbocycles. The lowest BCUT2D eigenvalue weighted by Crippen LogP contribution is -2.19. The van der Waals surface area contributed by atoms with Crippen LogP contribution in [-0.4, -0.2) is 14.1 Å². The summed E-state index contributed by atoms with van der Waals surface area (Å²) in [6.45, 7) is 10.4. The number of nitrogen functional groups attached to an aromatic ring is 1. The van der Waals surface area contributed by atoms with Crippen LogP contribution in [0.25, 0.3) is 0 Å². The van der Waals surface area contributed by atoms with Crippen LogP contribution in [0.3, 0.4) is 0 Å². The van der Waals surface area contributed by atoms with E-state index in [0.29, 0.717) is 5.69 Å². The van der Waals surface area contributed by atoms with Crippen molar-refractivity contribution in [3.05, 3.63) is 17.7 Å². The maximum atomic E-state index is 9.65. The van der Waals surface area contributed by atoms with Crippen LogP contribution in [0.2, 0.25) is 13.1 Å². The number of anilines is 1. The van der Waals surface area contributed by atoms with Gasteiger partial charge < -0.3 is 15.3 Å². The molecule has 3 N–H and O–H groups in total. The zero-order valence-electron chi connectivity index (χ0n) is 10.7. The van der Waals surface area contributed by atoms with Gasteiger partial charge in [-0.15, -0.1) is 0 Å². The third kappa shape index (κ3) is 2.69. The topological polar surface area (TPSA) is 55.5 Å². The lowest BCUT2D eigenvalue weighted by atomic mass is 9.85. The molecule has 0 spiro atoms. The molecule has 0 amide bonds. The van der Waals surface area contributed by atoms with Crippen LogP contribution < -0.4 is 10.2 Å². The number of hydrogen-bond acceptors (Lipinski definition) is 3. The van der Waals surface area contributed by atoms with Crippen LogP contribution in [0.5, 0.6) is 11.5 Å². The Morgan fingerprint density at radius 1 is 1.25 bits per heavy atom. The van der Waals surface area contributed by atoms with E-state index in [2.05, 4.69) is 33.9 Å². The molecule has 0 atom stereocenters. The zero-order chi connectivity index (χ0) is 12.5. The second-order valence-electron chi connectivity index (χ2n) is 5.29. The summed E-state index contributed by atoms with van der Waals surface area (Å²) < 4.78 is 5.86. The molecular weight excluding hydrogens is 218 g/mol. The van der Waals surface area contributed by atoms with Crippen LogP contribution in [0, 0.1) is 0 Å². The van der Waals surface area contributed by atoms with Crippen LogP contribution in [-0.2, 0) is 5.41 Å². The van der Waals surface area contributed by atoms with E-state index in [1.807, 2.05) is 0 Å². The Balaban J connectivity index is 3.33. The molecule has 0 aliphatic rings. The third-order valence-electron chi connectivity index (χ3n) is 2.30. The predicted octanol–water partition coefficient (Wildman–Crippen LogP) is 2.63. The second-order valence-corrected chi connectivity index (χ2v) is 7.62. The summed E-state index contributed by atoms with van der Waals surface area (Å²) in [6, 6.07) is 3.40. The molecule has 3 nitrogen and oxygen atoms in total.